The first-order valence-electron chi connectivity index (χ1n) is 13.3. The number of amides is 1. The van der Waals surface area contributed by atoms with E-state index in [0.29, 0.717) is 28.4 Å². The number of likely N-dealkylation sites (tertiary alicyclic amines) is 1. The molecule has 0 bridgehead atoms. The molecule has 1 atom stereocenters. The van der Waals surface area contributed by atoms with Crippen LogP contribution in [-0.4, -0.2) is 64.1 Å². The van der Waals surface area contributed by atoms with Crippen LogP contribution in [0, 0.1) is 25.7 Å². The van der Waals surface area contributed by atoms with Crippen molar-refractivity contribution in [1.29, 1.82) is 0 Å². The summed E-state index contributed by atoms with van der Waals surface area (Å²) in [6, 6.07) is 11.3. The highest BCUT2D eigenvalue weighted by atomic mass is 19.4. The minimum Gasteiger partial charge on any atom is -0.322 e. The molecule has 4 aromatic rings. The Kier molecular flexibility index (Phi) is 7.84. The van der Waals surface area contributed by atoms with Gasteiger partial charge >= 0.3 is 6.18 Å². The van der Waals surface area contributed by atoms with Crippen molar-refractivity contribution < 1.29 is 18.0 Å². The number of benzene rings is 2. The summed E-state index contributed by atoms with van der Waals surface area (Å²) in [7, 11) is 3.97. The normalized spacial score (nSPS) is 15.8. The van der Waals surface area contributed by atoms with E-state index in [-0.39, 0.29) is 17.8 Å². The molecule has 1 aliphatic rings. The third-order valence-corrected chi connectivity index (χ3v) is 7.49. The molecule has 2 aromatic carbocycles. The number of H-pyrrole nitrogens is 1. The standard InChI is InChI=1S/C31H31F3N6O/c1-19-5-7-23(14-22(19)8-6-21-13-27-20(2)37-38-29(27)35-16-21)30(41)36-25-10-9-24(28(15-25)31(32,33)34)17-40-12-11-26(18-40)39(3)4/h5,7,9-10,13-16,26H,11-12,17-18H2,1-4H3,(H,36,41)(H,35,37,38)/t26-/m0/s1. The van der Waals surface area contributed by atoms with Gasteiger partial charge in [0.25, 0.3) is 5.91 Å². The van der Waals surface area contributed by atoms with Gasteiger partial charge in [-0.2, -0.15) is 18.3 Å². The molecular weight excluding hydrogens is 529 g/mol. The number of rotatable bonds is 5. The van der Waals surface area contributed by atoms with Crippen molar-refractivity contribution in [3.63, 3.8) is 0 Å². The average Bonchev–Trinajstić information content (AvgIpc) is 3.55. The predicted molar refractivity (Wildman–Crippen MR) is 153 cm³/mol. The number of pyridine rings is 1. The second kappa shape index (κ2) is 11.4. The molecule has 0 unspecified atom stereocenters. The number of nitrogens with one attached hydrogen (secondary N) is 2. The number of hydrogen-bond acceptors (Lipinski definition) is 5. The van der Waals surface area contributed by atoms with Crippen LogP contribution in [0.3, 0.4) is 0 Å². The maximum absolute atomic E-state index is 14.0. The molecule has 5 rings (SSSR count). The van der Waals surface area contributed by atoms with Gasteiger partial charge in [-0.25, -0.2) is 4.98 Å². The number of fused-ring (bicyclic) bond motifs is 1. The Labute approximate surface area is 236 Å². The third-order valence-electron chi connectivity index (χ3n) is 7.49. The Morgan fingerprint density at radius 2 is 1.95 bits per heavy atom. The first-order chi connectivity index (χ1) is 19.5. The third kappa shape index (κ3) is 6.42. The fraction of sp³-hybridized carbons (Fsp3) is 0.323. The highest BCUT2D eigenvalue weighted by Gasteiger charge is 2.35. The number of likely N-dealkylation sites (N-methyl/N-ethyl adjacent to an activating group) is 1. The number of aromatic nitrogens is 3. The minimum atomic E-state index is -4.55. The summed E-state index contributed by atoms with van der Waals surface area (Å²) in [5.41, 5.74) is 3.53. The fourth-order valence-electron chi connectivity index (χ4n) is 5.00. The molecule has 1 fully saturated rings. The quantitative estimate of drug-likeness (QED) is 0.321. The lowest BCUT2D eigenvalue weighted by atomic mass is 10.0. The maximum atomic E-state index is 14.0. The van der Waals surface area contributed by atoms with E-state index in [1.807, 2.05) is 38.9 Å². The van der Waals surface area contributed by atoms with E-state index in [1.165, 1.54) is 12.1 Å². The summed E-state index contributed by atoms with van der Waals surface area (Å²) >= 11 is 0. The van der Waals surface area contributed by atoms with Crippen LogP contribution in [0.15, 0.2) is 48.7 Å². The number of carbonyl (C=O) groups is 1. The van der Waals surface area contributed by atoms with Gasteiger partial charge in [0, 0.05) is 65.3 Å². The van der Waals surface area contributed by atoms with Crippen LogP contribution < -0.4 is 5.32 Å². The van der Waals surface area contributed by atoms with E-state index in [0.717, 1.165) is 42.2 Å². The summed E-state index contributed by atoms with van der Waals surface area (Å²) in [6.45, 7) is 5.44. The van der Waals surface area contributed by atoms with Crippen LogP contribution in [0.2, 0.25) is 0 Å². The van der Waals surface area contributed by atoms with Gasteiger partial charge in [-0.05, 0) is 75.8 Å². The summed E-state index contributed by atoms with van der Waals surface area (Å²) in [4.78, 5) is 21.5. The van der Waals surface area contributed by atoms with Gasteiger partial charge < -0.3 is 10.2 Å². The summed E-state index contributed by atoms with van der Waals surface area (Å²) < 4.78 is 42.0. The molecule has 0 spiro atoms. The van der Waals surface area contributed by atoms with Crippen LogP contribution in [0.25, 0.3) is 11.0 Å². The molecule has 10 heteroatoms. The number of alkyl halides is 3. The largest absolute Gasteiger partial charge is 0.416 e. The second-order valence-electron chi connectivity index (χ2n) is 10.7. The SMILES string of the molecule is Cc1ccc(C(=O)Nc2ccc(CN3CC[C@H](N(C)C)C3)c(C(F)(F)F)c2)cc1C#Cc1cnc2n[nH]c(C)c2c1. The Morgan fingerprint density at radius 3 is 2.68 bits per heavy atom. The number of carbonyl (C=O) groups excluding carboxylic acids is 1. The summed E-state index contributed by atoms with van der Waals surface area (Å²) in [6.07, 6.45) is -1.99. The molecule has 1 aliphatic heterocycles. The van der Waals surface area contributed by atoms with Crippen molar-refractivity contribution in [3.8, 4) is 11.8 Å². The minimum absolute atomic E-state index is 0.0849. The Bertz CT molecular complexity index is 1660. The molecule has 0 saturated carbocycles. The Hall–Kier alpha value is -4.20. The summed E-state index contributed by atoms with van der Waals surface area (Å²) in [5.74, 6) is 5.65. The topological polar surface area (TPSA) is 77.2 Å². The first-order valence-corrected chi connectivity index (χ1v) is 13.3. The lowest BCUT2D eigenvalue weighted by Crippen LogP contribution is -2.31. The van der Waals surface area contributed by atoms with Crippen LogP contribution in [0.5, 0.6) is 0 Å². The lowest BCUT2D eigenvalue weighted by molar-refractivity contribution is -0.138. The van der Waals surface area contributed by atoms with Crippen molar-refractivity contribution in [2.24, 2.45) is 0 Å². The Morgan fingerprint density at radius 1 is 1.15 bits per heavy atom. The van der Waals surface area contributed by atoms with Gasteiger partial charge in [0.15, 0.2) is 5.65 Å². The van der Waals surface area contributed by atoms with Crippen molar-refractivity contribution in [1.82, 2.24) is 25.0 Å². The highest BCUT2D eigenvalue weighted by Crippen LogP contribution is 2.35. The number of anilines is 1. The van der Waals surface area contributed by atoms with Crippen LogP contribution >= 0.6 is 0 Å². The Balaban J connectivity index is 1.34. The highest BCUT2D eigenvalue weighted by molar-refractivity contribution is 6.04. The molecule has 2 N–H and O–H groups in total. The van der Waals surface area contributed by atoms with Crippen molar-refractivity contribution in [3.05, 3.63) is 87.7 Å². The van der Waals surface area contributed by atoms with Crippen LogP contribution in [0.1, 0.15) is 50.3 Å². The zero-order valence-electron chi connectivity index (χ0n) is 23.4. The van der Waals surface area contributed by atoms with E-state index < -0.39 is 17.6 Å². The molecule has 0 aliphatic carbocycles. The zero-order chi connectivity index (χ0) is 29.3. The van der Waals surface area contributed by atoms with E-state index in [2.05, 4.69) is 37.2 Å². The predicted octanol–water partition coefficient (Wildman–Crippen LogP) is 5.38. The fourth-order valence-corrected chi connectivity index (χ4v) is 5.00. The lowest BCUT2D eigenvalue weighted by Gasteiger charge is -2.22. The maximum Gasteiger partial charge on any atom is 0.416 e. The van der Waals surface area contributed by atoms with E-state index in [1.54, 1.807) is 24.4 Å². The number of nitrogens with zero attached hydrogens (tertiary/aromatic N) is 4. The molecule has 3 heterocycles. The van der Waals surface area contributed by atoms with Crippen molar-refractivity contribution in [2.45, 2.75) is 39.0 Å². The van der Waals surface area contributed by atoms with E-state index >= 15 is 0 Å². The molecule has 1 amide bonds. The van der Waals surface area contributed by atoms with Crippen LogP contribution in [0.4, 0.5) is 18.9 Å². The number of aromatic amines is 1. The van der Waals surface area contributed by atoms with Gasteiger partial charge in [0.2, 0.25) is 0 Å². The van der Waals surface area contributed by atoms with E-state index in [4.69, 9.17) is 0 Å². The molecule has 41 heavy (non-hydrogen) atoms. The van der Waals surface area contributed by atoms with Gasteiger partial charge in [-0.3, -0.25) is 14.8 Å². The molecule has 2 aromatic heterocycles. The average molecular weight is 561 g/mol. The van der Waals surface area contributed by atoms with Gasteiger partial charge in [-0.1, -0.05) is 24.0 Å². The first kappa shape index (κ1) is 28.3. The van der Waals surface area contributed by atoms with E-state index in [9.17, 15) is 18.0 Å². The van der Waals surface area contributed by atoms with Crippen LogP contribution in [-0.2, 0) is 12.7 Å². The number of aryl methyl sites for hydroxylation is 2. The van der Waals surface area contributed by atoms with Gasteiger partial charge in [-0.15, -0.1) is 0 Å². The monoisotopic (exact) mass is 560 g/mol. The molecule has 1 saturated heterocycles. The molecular formula is C31H31F3N6O. The molecule has 0 radical (unpaired) electrons. The molecule has 7 nitrogen and oxygen atoms in total. The van der Waals surface area contributed by atoms with Gasteiger partial charge in [0.1, 0.15) is 0 Å². The molecule has 212 valence electrons. The second-order valence-corrected chi connectivity index (χ2v) is 10.7. The smallest absolute Gasteiger partial charge is 0.322 e. The van der Waals surface area contributed by atoms with Gasteiger partial charge in [0.05, 0.1) is 5.56 Å². The van der Waals surface area contributed by atoms with Crippen molar-refractivity contribution in [2.75, 3.05) is 32.5 Å². The van der Waals surface area contributed by atoms with Crippen molar-refractivity contribution >= 4 is 22.6 Å². The number of hydrogen-bond donors (Lipinski definition) is 2. The summed E-state index contributed by atoms with van der Waals surface area (Å²) in [5, 5.41) is 10.5. The zero-order valence-corrected chi connectivity index (χ0v) is 23.4. The number of halogens is 3.